The molecule has 2 aromatic carbocycles. The third-order valence-corrected chi connectivity index (χ3v) is 4.51. The Kier molecular flexibility index (Phi) is 5.54. The number of aromatic nitrogens is 1. The van der Waals surface area contributed by atoms with Gasteiger partial charge in [-0.15, -0.1) is 0 Å². The lowest BCUT2D eigenvalue weighted by molar-refractivity contribution is 0.327. The van der Waals surface area contributed by atoms with Gasteiger partial charge in [0.2, 0.25) is 5.75 Å². The highest BCUT2D eigenvalue weighted by Crippen LogP contribution is 2.44. The summed E-state index contributed by atoms with van der Waals surface area (Å²) in [4.78, 5) is 4.40. The van der Waals surface area contributed by atoms with E-state index in [1.54, 1.807) is 41.7 Å². The molecule has 1 heterocycles. The van der Waals surface area contributed by atoms with E-state index in [0.717, 1.165) is 21.9 Å². The molecule has 3 aromatic rings. The molecule has 1 aromatic heterocycles. The lowest BCUT2D eigenvalue weighted by Crippen LogP contribution is -2.00. The van der Waals surface area contributed by atoms with Gasteiger partial charge in [0.15, 0.2) is 23.0 Å². The van der Waals surface area contributed by atoms with Crippen molar-refractivity contribution >= 4 is 10.8 Å². The van der Waals surface area contributed by atoms with Gasteiger partial charge in [-0.25, -0.2) is 0 Å². The van der Waals surface area contributed by atoms with Gasteiger partial charge in [0.1, 0.15) is 0 Å². The van der Waals surface area contributed by atoms with E-state index in [2.05, 4.69) is 4.98 Å². The molecule has 0 unspecified atom stereocenters. The lowest BCUT2D eigenvalue weighted by atomic mass is 9.99. The summed E-state index contributed by atoms with van der Waals surface area (Å²) in [6, 6.07) is 7.78. The van der Waals surface area contributed by atoms with Crippen LogP contribution in [0.3, 0.4) is 0 Å². The number of para-hydroxylation sites is 1. The second kappa shape index (κ2) is 8.03. The lowest BCUT2D eigenvalue weighted by Gasteiger charge is -2.17. The minimum Gasteiger partial charge on any atom is -0.493 e. The van der Waals surface area contributed by atoms with Gasteiger partial charge in [-0.1, -0.05) is 12.1 Å². The van der Waals surface area contributed by atoms with E-state index >= 15 is 0 Å². The van der Waals surface area contributed by atoms with Crippen molar-refractivity contribution in [1.29, 1.82) is 0 Å². The molecule has 0 spiro atoms. The van der Waals surface area contributed by atoms with Crippen LogP contribution in [0.4, 0.5) is 0 Å². The molecular weight excluding hydrogens is 346 g/mol. The molecule has 0 bridgehead atoms. The smallest absolute Gasteiger partial charge is 0.204 e. The van der Waals surface area contributed by atoms with Crippen LogP contribution in [-0.2, 0) is 6.42 Å². The van der Waals surface area contributed by atoms with Crippen molar-refractivity contribution in [2.75, 3.05) is 35.5 Å². The molecule has 6 nitrogen and oxygen atoms in total. The van der Waals surface area contributed by atoms with Gasteiger partial charge in [-0.3, -0.25) is 4.98 Å². The van der Waals surface area contributed by atoms with Crippen LogP contribution >= 0.6 is 0 Å². The number of hydrogen-bond acceptors (Lipinski definition) is 6. The van der Waals surface area contributed by atoms with Gasteiger partial charge in [-0.05, 0) is 23.1 Å². The number of ether oxygens (including phenoxy) is 5. The van der Waals surface area contributed by atoms with Gasteiger partial charge < -0.3 is 23.7 Å². The molecule has 0 aliphatic heterocycles. The zero-order valence-electron chi connectivity index (χ0n) is 16.2. The van der Waals surface area contributed by atoms with Crippen molar-refractivity contribution in [3.63, 3.8) is 0 Å². The number of hydrogen-bond donors (Lipinski definition) is 0. The molecular formula is C21H23NO5. The maximum absolute atomic E-state index is 5.59. The summed E-state index contributed by atoms with van der Waals surface area (Å²) in [6.07, 6.45) is 4.22. The summed E-state index contributed by atoms with van der Waals surface area (Å²) >= 11 is 0. The first-order chi connectivity index (χ1) is 13.2. The Morgan fingerprint density at radius 1 is 0.667 bits per heavy atom. The molecule has 0 fully saturated rings. The number of rotatable bonds is 7. The van der Waals surface area contributed by atoms with E-state index < -0.39 is 0 Å². The first kappa shape index (κ1) is 18.6. The van der Waals surface area contributed by atoms with Crippen molar-refractivity contribution in [2.45, 2.75) is 6.42 Å². The van der Waals surface area contributed by atoms with Crippen LogP contribution in [0.2, 0.25) is 0 Å². The van der Waals surface area contributed by atoms with Crippen LogP contribution in [0.1, 0.15) is 11.1 Å². The molecule has 0 amide bonds. The molecule has 0 N–H and O–H groups in total. The highest BCUT2D eigenvalue weighted by Gasteiger charge is 2.19. The van der Waals surface area contributed by atoms with E-state index in [1.165, 1.54) is 0 Å². The fourth-order valence-corrected chi connectivity index (χ4v) is 3.28. The Morgan fingerprint density at radius 2 is 1.37 bits per heavy atom. The maximum atomic E-state index is 5.59. The summed E-state index contributed by atoms with van der Waals surface area (Å²) in [6.45, 7) is 0. The third-order valence-electron chi connectivity index (χ3n) is 4.51. The molecule has 3 rings (SSSR count). The fraction of sp³-hybridized carbons (Fsp3) is 0.286. The largest absolute Gasteiger partial charge is 0.493 e. The van der Waals surface area contributed by atoms with Crippen molar-refractivity contribution in [1.82, 2.24) is 4.98 Å². The number of benzene rings is 2. The molecule has 0 radical (unpaired) electrons. The molecule has 0 saturated carbocycles. The number of methoxy groups -OCH3 is 5. The Bertz CT molecular complexity index is 955. The highest BCUT2D eigenvalue weighted by molar-refractivity contribution is 5.94. The fourth-order valence-electron chi connectivity index (χ4n) is 3.28. The van der Waals surface area contributed by atoms with Crippen molar-refractivity contribution < 1.29 is 23.7 Å². The SMILES string of the molecule is COc1cccc(Cc2cncc3c(OC)c(OC)c(OC)cc23)c1OC. The monoisotopic (exact) mass is 369 g/mol. The summed E-state index contributed by atoms with van der Waals surface area (Å²) in [5.41, 5.74) is 2.01. The quantitative estimate of drug-likeness (QED) is 0.630. The zero-order valence-corrected chi connectivity index (χ0v) is 16.2. The van der Waals surface area contributed by atoms with E-state index in [4.69, 9.17) is 23.7 Å². The first-order valence-electron chi connectivity index (χ1n) is 8.43. The van der Waals surface area contributed by atoms with Gasteiger partial charge in [0.25, 0.3) is 0 Å². The predicted octanol–water partition coefficient (Wildman–Crippen LogP) is 3.87. The van der Waals surface area contributed by atoms with E-state index in [0.29, 0.717) is 35.2 Å². The standard InChI is InChI=1S/C21H23NO5/c1-23-17-8-6-7-13(19(17)25-3)9-14-11-22-12-16-15(14)10-18(24-2)21(27-5)20(16)26-4/h6-8,10-12H,9H2,1-5H3. The van der Waals surface area contributed by atoms with Crippen LogP contribution in [-0.4, -0.2) is 40.5 Å². The number of nitrogens with zero attached hydrogens (tertiary/aromatic N) is 1. The molecule has 0 aliphatic rings. The Balaban J connectivity index is 2.19. The average molecular weight is 369 g/mol. The van der Waals surface area contributed by atoms with Crippen molar-refractivity contribution in [3.05, 3.63) is 47.8 Å². The first-order valence-corrected chi connectivity index (χ1v) is 8.43. The normalized spacial score (nSPS) is 10.6. The van der Waals surface area contributed by atoms with Crippen molar-refractivity contribution in [2.24, 2.45) is 0 Å². The van der Waals surface area contributed by atoms with Crippen molar-refractivity contribution in [3.8, 4) is 28.7 Å². The molecule has 6 heteroatoms. The minimum atomic E-state index is 0.547. The Morgan fingerprint density at radius 3 is 2.00 bits per heavy atom. The summed E-state index contributed by atoms with van der Waals surface area (Å²) in [5, 5.41) is 1.83. The Hall–Kier alpha value is -3.15. The van der Waals surface area contributed by atoms with Crippen LogP contribution in [0.25, 0.3) is 10.8 Å². The van der Waals surface area contributed by atoms with Gasteiger partial charge in [0.05, 0.1) is 35.5 Å². The molecule has 142 valence electrons. The highest BCUT2D eigenvalue weighted by atomic mass is 16.5. The van der Waals surface area contributed by atoms with Crippen LogP contribution in [0.5, 0.6) is 28.7 Å². The van der Waals surface area contributed by atoms with E-state index in [9.17, 15) is 0 Å². The number of fused-ring (bicyclic) bond motifs is 1. The second-order valence-corrected chi connectivity index (χ2v) is 5.87. The topological polar surface area (TPSA) is 59.0 Å². The third kappa shape index (κ3) is 3.30. The van der Waals surface area contributed by atoms with Crippen LogP contribution in [0.15, 0.2) is 36.7 Å². The van der Waals surface area contributed by atoms with E-state index in [-0.39, 0.29) is 0 Å². The molecule has 0 saturated heterocycles. The van der Waals surface area contributed by atoms with Gasteiger partial charge in [0, 0.05) is 29.8 Å². The van der Waals surface area contributed by atoms with E-state index in [1.807, 2.05) is 30.5 Å². The van der Waals surface area contributed by atoms with Crippen LogP contribution in [0, 0.1) is 0 Å². The maximum Gasteiger partial charge on any atom is 0.204 e. The van der Waals surface area contributed by atoms with Gasteiger partial charge in [-0.2, -0.15) is 0 Å². The summed E-state index contributed by atoms with van der Waals surface area (Å²) in [7, 11) is 8.07. The van der Waals surface area contributed by atoms with Gasteiger partial charge >= 0.3 is 0 Å². The summed E-state index contributed by atoms with van der Waals surface area (Å²) in [5.74, 6) is 3.15. The minimum absolute atomic E-state index is 0.547. The van der Waals surface area contributed by atoms with Crippen LogP contribution < -0.4 is 23.7 Å². The average Bonchev–Trinajstić information content (AvgIpc) is 2.72. The molecule has 0 aliphatic carbocycles. The molecule has 0 atom stereocenters. The Labute approximate surface area is 158 Å². The predicted molar refractivity (Wildman–Crippen MR) is 104 cm³/mol. The number of pyridine rings is 1. The molecule has 27 heavy (non-hydrogen) atoms. The summed E-state index contributed by atoms with van der Waals surface area (Å²) < 4.78 is 27.5. The zero-order chi connectivity index (χ0) is 19.4. The second-order valence-electron chi connectivity index (χ2n) is 5.87.